The van der Waals surface area contributed by atoms with Crippen LogP contribution in [0.25, 0.3) is 10.9 Å². The molecule has 0 aliphatic rings. The predicted molar refractivity (Wildman–Crippen MR) is 82.1 cm³/mol. The summed E-state index contributed by atoms with van der Waals surface area (Å²) in [5, 5.41) is 14.1. The van der Waals surface area contributed by atoms with E-state index >= 15 is 0 Å². The number of benzene rings is 1. The Morgan fingerprint density at radius 3 is 3.00 bits per heavy atom. The van der Waals surface area contributed by atoms with Gasteiger partial charge in [-0.1, -0.05) is 41.4 Å². The summed E-state index contributed by atoms with van der Waals surface area (Å²) in [5.74, 6) is 0. The van der Waals surface area contributed by atoms with Crippen LogP contribution in [0.5, 0.6) is 0 Å². The molecule has 0 amide bonds. The zero-order chi connectivity index (χ0) is 13.7. The fourth-order valence-electron chi connectivity index (χ4n) is 2.15. The first-order valence-corrected chi connectivity index (χ1v) is 7.42. The van der Waals surface area contributed by atoms with Gasteiger partial charge in [0, 0.05) is 29.1 Å². The summed E-state index contributed by atoms with van der Waals surface area (Å²) in [5.41, 5.74) is 2.16. The molecule has 4 heteroatoms. The van der Waals surface area contributed by atoms with Gasteiger partial charge in [-0.15, -0.1) is 0 Å². The van der Waals surface area contributed by atoms with Gasteiger partial charge in [-0.2, -0.15) is 0 Å². The number of halogens is 1. The number of aromatic nitrogens is 1. The molecule has 2 rings (SSSR count). The molecule has 1 aromatic carbocycles. The number of hydrogen-bond donors (Lipinski definition) is 2. The van der Waals surface area contributed by atoms with Gasteiger partial charge in [0.15, 0.2) is 0 Å². The van der Waals surface area contributed by atoms with Crippen molar-refractivity contribution >= 4 is 26.8 Å². The van der Waals surface area contributed by atoms with Crippen LogP contribution in [0.2, 0.25) is 0 Å². The van der Waals surface area contributed by atoms with Crippen LogP contribution < -0.4 is 5.32 Å². The highest BCUT2D eigenvalue weighted by atomic mass is 79.9. The van der Waals surface area contributed by atoms with Crippen LogP contribution in [0.1, 0.15) is 25.3 Å². The molecule has 1 atom stereocenters. The number of aliphatic hydroxyl groups is 1. The molecule has 0 bridgehead atoms. The van der Waals surface area contributed by atoms with Crippen LogP contribution in [0.3, 0.4) is 0 Å². The lowest BCUT2D eigenvalue weighted by atomic mass is 10.1. The molecule has 0 saturated carbocycles. The molecule has 102 valence electrons. The van der Waals surface area contributed by atoms with E-state index in [1.54, 1.807) is 0 Å². The van der Waals surface area contributed by atoms with Crippen LogP contribution in [-0.2, 0) is 6.54 Å². The van der Waals surface area contributed by atoms with Gasteiger partial charge >= 0.3 is 0 Å². The monoisotopic (exact) mass is 322 g/mol. The van der Waals surface area contributed by atoms with E-state index in [0.29, 0.717) is 6.54 Å². The highest BCUT2D eigenvalue weighted by Gasteiger charge is 2.06. The molecule has 0 spiro atoms. The van der Waals surface area contributed by atoms with Gasteiger partial charge in [0.25, 0.3) is 0 Å². The quantitative estimate of drug-likeness (QED) is 0.858. The molecule has 1 aromatic heterocycles. The summed E-state index contributed by atoms with van der Waals surface area (Å²) in [4.78, 5) is 4.44. The number of fused-ring (bicyclic) bond motifs is 1. The average molecular weight is 323 g/mol. The third kappa shape index (κ3) is 3.75. The lowest BCUT2D eigenvalue weighted by molar-refractivity contribution is 0.160. The summed E-state index contributed by atoms with van der Waals surface area (Å²) in [6.07, 6.45) is 3.39. The summed E-state index contributed by atoms with van der Waals surface area (Å²) >= 11 is 3.54. The minimum absolute atomic E-state index is 0.264. The van der Waals surface area contributed by atoms with Crippen LogP contribution >= 0.6 is 15.9 Å². The first kappa shape index (κ1) is 14.4. The smallest absolute Gasteiger partial charge is 0.0758 e. The molecule has 1 heterocycles. The molecule has 2 aromatic rings. The highest BCUT2D eigenvalue weighted by molar-refractivity contribution is 9.10. The van der Waals surface area contributed by atoms with E-state index in [0.717, 1.165) is 40.3 Å². The van der Waals surface area contributed by atoms with Gasteiger partial charge in [-0.05, 0) is 24.1 Å². The minimum Gasteiger partial charge on any atom is -0.392 e. The maximum absolute atomic E-state index is 9.70. The molecule has 0 radical (unpaired) electrons. The van der Waals surface area contributed by atoms with Crippen molar-refractivity contribution in [1.82, 2.24) is 10.3 Å². The molecule has 19 heavy (non-hydrogen) atoms. The van der Waals surface area contributed by atoms with Crippen molar-refractivity contribution in [1.29, 1.82) is 0 Å². The number of rotatable bonds is 6. The van der Waals surface area contributed by atoms with E-state index < -0.39 is 0 Å². The number of aliphatic hydroxyl groups excluding tert-OH is 1. The van der Waals surface area contributed by atoms with Crippen molar-refractivity contribution in [3.63, 3.8) is 0 Å². The zero-order valence-corrected chi connectivity index (χ0v) is 12.7. The molecular weight excluding hydrogens is 304 g/mol. The predicted octanol–water partition coefficient (Wildman–Crippen LogP) is 3.25. The Balaban J connectivity index is 2.07. The first-order valence-electron chi connectivity index (χ1n) is 6.63. The molecule has 0 aliphatic heterocycles. The summed E-state index contributed by atoms with van der Waals surface area (Å²) in [6, 6.07) is 8.11. The van der Waals surface area contributed by atoms with Crippen molar-refractivity contribution in [3.8, 4) is 0 Å². The standard InChI is InChI=1S/C15H19BrN2O/c1-2-4-12(19)10-17-9-11-6-7-14(16)13-5-3-8-18-15(11)13/h3,5-8,12,17,19H,2,4,9-10H2,1H3. The van der Waals surface area contributed by atoms with Gasteiger partial charge in [0.1, 0.15) is 0 Å². The normalized spacial score (nSPS) is 12.8. The molecule has 1 unspecified atom stereocenters. The largest absolute Gasteiger partial charge is 0.392 e. The van der Waals surface area contributed by atoms with Crippen molar-refractivity contribution in [2.75, 3.05) is 6.54 Å². The Bertz CT molecular complexity index is 545. The van der Waals surface area contributed by atoms with Crippen molar-refractivity contribution < 1.29 is 5.11 Å². The lowest BCUT2D eigenvalue weighted by Crippen LogP contribution is -2.26. The summed E-state index contributed by atoms with van der Waals surface area (Å²) in [6.45, 7) is 3.43. The zero-order valence-electron chi connectivity index (χ0n) is 11.1. The molecule has 0 saturated heterocycles. The van der Waals surface area contributed by atoms with Gasteiger partial charge in [0.2, 0.25) is 0 Å². The lowest BCUT2D eigenvalue weighted by Gasteiger charge is -2.12. The Morgan fingerprint density at radius 1 is 1.37 bits per heavy atom. The molecule has 2 N–H and O–H groups in total. The van der Waals surface area contributed by atoms with Crippen molar-refractivity contribution in [2.45, 2.75) is 32.4 Å². The Kier molecular flexibility index (Phi) is 5.31. The molecule has 3 nitrogen and oxygen atoms in total. The third-order valence-electron chi connectivity index (χ3n) is 3.12. The number of pyridine rings is 1. The van der Waals surface area contributed by atoms with E-state index in [2.05, 4.69) is 45.3 Å². The van der Waals surface area contributed by atoms with E-state index in [1.165, 1.54) is 0 Å². The Hall–Kier alpha value is -0.970. The molecule has 0 aliphatic carbocycles. The summed E-state index contributed by atoms with van der Waals surface area (Å²) < 4.78 is 1.06. The van der Waals surface area contributed by atoms with Gasteiger partial charge < -0.3 is 10.4 Å². The second-order valence-electron chi connectivity index (χ2n) is 4.68. The number of nitrogens with zero attached hydrogens (tertiary/aromatic N) is 1. The van der Waals surface area contributed by atoms with Gasteiger partial charge in [-0.25, -0.2) is 0 Å². The van der Waals surface area contributed by atoms with Crippen LogP contribution in [0.4, 0.5) is 0 Å². The average Bonchev–Trinajstić information content (AvgIpc) is 2.42. The van der Waals surface area contributed by atoms with Gasteiger partial charge in [-0.3, -0.25) is 4.98 Å². The summed E-state index contributed by atoms with van der Waals surface area (Å²) in [7, 11) is 0. The van der Waals surface area contributed by atoms with Crippen molar-refractivity contribution in [2.24, 2.45) is 0 Å². The second kappa shape index (κ2) is 6.98. The third-order valence-corrected chi connectivity index (χ3v) is 3.81. The number of hydrogen-bond acceptors (Lipinski definition) is 3. The van der Waals surface area contributed by atoms with E-state index in [-0.39, 0.29) is 6.10 Å². The molecular formula is C15H19BrN2O. The molecule has 0 fully saturated rings. The Labute approximate surface area is 122 Å². The fraction of sp³-hybridized carbons (Fsp3) is 0.400. The Morgan fingerprint density at radius 2 is 2.21 bits per heavy atom. The minimum atomic E-state index is -0.264. The number of nitrogens with one attached hydrogen (secondary N) is 1. The SMILES string of the molecule is CCCC(O)CNCc1ccc(Br)c2cccnc12. The van der Waals surface area contributed by atoms with Gasteiger partial charge in [0.05, 0.1) is 11.6 Å². The fourth-order valence-corrected chi connectivity index (χ4v) is 2.60. The van der Waals surface area contributed by atoms with Crippen LogP contribution in [0, 0.1) is 0 Å². The highest BCUT2D eigenvalue weighted by Crippen LogP contribution is 2.25. The second-order valence-corrected chi connectivity index (χ2v) is 5.53. The van der Waals surface area contributed by atoms with E-state index in [1.807, 2.05) is 18.3 Å². The van der Waals surface area contributed by atoms with Crippen molar-refractivity contribution in [3.05, 3.63) is 40.5 Å². The van der Waals surface area contributed by atoms with Crippen LogP contribution in [-0.4, -0.2) is 22.7 Å². The maximum atomic E-state index is 9.70. The van der Waals surface area contributed by atoms with E-state index in [9.17, 15) is 5.11 Å². The maximum Gasteiger partial charge on any atom is 0.0758 e. The van der Waals surface area contributed by atoms with E-state index in [4.69, 9.17) is 0 Å². The first-order chi connectivity index (χ1) is 9.22. The topological polar surface area (TPSA) is 45.1 Å². The van der Waals surface area contributed by atoms with Crippen LogP contribution in [0.15, 0.2) is 34.9 Å².